The van der Waals surface area contributed by atoms with Crippen LogP contribution < -0.4 is 11.1 Å². The second-order valence-electron chi connectivity index (χ2n) is 5.74. The Bertz CT molecular complexity index is 868. The highest BCUT2D eigenvalue weighted by atomic mass is 35.5. The minimum atomic E-state index is -4.67. The van der Waals surface area contributed by atoms with Gasteiger partial charge in [-0.3, -0.25) is 4.57 Å². The summed E-state index contributed by atoms with van der Waals surface area (Å²) >= 11 is 6.16. The number of nitrogens with one attached hydrogen (secondary N) is 1. The molecule has 154 valence electrons. The third kappa shape index (κ3) is 5.41. The highest BCUT2D eigenvalue weighted by Crippen LogP contribution is 2.49. The van der Waals surface area contributed by atoms with Crippen LogP contribution in [0, 0.1) is 0 Å². The molecule has 0 aliphatic carbocycles. The zero-order valence-corrected chi connectivity index (χ0v) is 17.0. The van der Waals surface area contributed by atoms with Gasteiger partial charge in [-0.15, -0.1) is 0 Å². The first-order valence-electron chi connectivity index (χ1n) is 8.49. The van der Waals surface area contributed by atoms with Crippen molar-refractivity contribution in [3.05, 3.63) is 47.0 Å². The summed E-state index contributed by atoms with van der Waals surface area (Å²) in [6.07, 6.45) is -5.10. The number of anilines is 2. The molecule has 28 heavy (non-hydrogen) atoms. The van der Waals surface area contributed by atoms with E-state index in [1.807, 2.05) is 0 Å². The first kappa shape index (κ1) is 22.6. The van der Waals surface area contributed by atoms with Crippen LogP contribution in [0.2, 0.25) is 5.02 Å². The number of nitrogen functional groups attached to an aromatic ring is 1. The predicted molar refractivity (Wildman–Crippen MR) is 106 cm³/mol. The van der Waals surface area contributed by atoms with Gasteiger partial charge in [0.2, 0.25) is 0 Å². The van der Waals surface area contributed by atoms with Gasteiger partial charge in [-0.05, 0) is 32.0 Å². The molecule has 0 saturated carbocycles. The summed E-state index contributed by atoms with van der Waals surface area (Å²) in [5.41, 5.74) is 5.32. The van der Waals surface area contributed by atoms with Gasteiger partial charge in [0.05, 0.1) is 18.8 Å². The smallest absolute Gasteiger partial charge is 0.398 e. The maximum atomic E-state index is 13.5. The van der Waals surface area contributed by atoms with Crippen molar-refractivity contribution < 1.29 is 26.8 Å². The molecule has 0 radical (unpaired) electrons. The van der Waals surface area contributed by atoms with Crippen molar-refractivity contribution in [1.82, 2.24) is 0 Å². The average Bonchev–Trinajstić information content (AvgIpc) is 2.61. The fourth-order valence-corrected chi connectivity index (χ4v) is 4.26. The summed E-state index contributed by atoms with van der Waals surface area (Å²) < 4.78 is 63.3. The van der Waals surface area contributed by atoms with Crippen LogP contribution in [0.1, 0.15) is 19.4 Å². The second kappa shape index (κ2) is 9.18. The maximum Gasteiger partial charge on any atom is 0.418 e. The molecule has 10 heteroatoms. The minimum Gasteiger partial charge on any atom is -0.398 e. The molecule has 0 atom stereocenters. The Morgan fingerprint density at radius 2 is 1.71 bits per heavy atom. The number of rotatable bonds is 8. The summed E-state index contributed by atoms with van der Waals surface area (Å²) in [7, 11) is -3.60. The molecule has 0 fully saturated rings. The summed E-state index contributed by atoms with van der Waals surface area (Å²) in [6.45, 7) is 3.42. The molecule has 0 aliphatic heterocycles. The fraction of sp³-hybridized carbons (Fsp3) is 0.333. The van der Waals surface area contributed by atoms with E-state index in [1.165, 1.54) is 6.07 Å². The molecule has 2 aromatic carbocycles. The summed E-state index contributed by atoms with van der Waals surface area (Å²) in [6, 6.07) is 8.72. The lowest BCUT2D eigenvalue weighted by Gasteiger charge is -2.21. The van der Waals surface area contributed by atoms with Crippen molar-refractivity contribution in [2.45, 2.75) is 20.0 Å². The summed E-state index contributed by atoms with van der Waals surface area (Å²) in [5.74, 6) is 0. The number of benzene rings is 2. The van der Waals surface area contributed by atoms with Crippen molar-refractivity contribution in [3.63, 3.8) is 0 Å². The van der Waals surface area contributed by atoms with Crippen LogP contribution in [-0.4, -0.2) is 19.5 Å². The van der Waals surface area contributed by atoms with E-state index < -0.39 is 25.6 Å². The Kier molecular flexibility index (Phi) is 7.39. The van der Waals surface area contributed by atoms with E-state index in [1.54, 1.807) is 38.1 Å². The Balaban J connectivity index is 2.50. The Hall–Kier alpha value is -1.73. The van der Waals surface area contributed by atoms with Gasteiger partial charge in [-0.25, -0.2) is 0 Å². The van der Waals surface area contributed by atoms with Crippen LogP contribution in [0.3, 0.4) is 0 Å². The highest BCUT2D eigenvalue weighted by Gasteiger charge is 2.35. The van der Waals surface area contributed by atoms with Crippen LogP contribution in [0.4, 0.5) is 24.5 Å². The topological polar surface area (TPSA) is 73.6 Å². The molecule has 2 aromatic rings. The van der Waals surface area contributed by atoms with Crippen molar-refractivity contribution in [1.29, 1.82) is 0 Å². The molecule has 0 saturated heterocycles. The van der Waals surface area contributed by atoms with E-state index in [2.05, 4.69) is 5.32 Å². The molecular formula is C18H21ClF3N2O3P. The quantitative estimate of drug-likeness (QED) is 0.378. The molecule has 0 aliphatic rings. The van der Waals surface area contributed by atoms with Crippen molar-refractivity contribution in [2.24, 2.45) is 0 Å². The van der Waals surface area contributed by atoms with Crippen LogP contribution >= 0.6 is 19.2 Å². The van der Waals surface area contributed by atoms with Gasteiger partial charge in [0.1, 0.15) is 6.29 Å². The zero-order valence-electron chi connectivity index (χ0n) is 15.3. The summed E-state index contributed by atoms with van der Waals surface area (Å²) in [5, 5.41) is 2.90. The van der Waals surface area contributed by atoms with Gasteiger partial charge in [-0.1, -0.05) is 29.8 Å². The summed E-state index contributed by atoms with van der Waals surface area (Å²) in [4.78, 5) is 0. The van der Waals surface area contributed by atoms with Crippen LogP contribution in [0.25, 0.3) is 11.1 Å². The normalized spacial score (nSPS) is 12.2. The Labute approximate surface area is 166 Å². The number of hydrogen-bond acceptors (Lipinski definition) is 5. The first-order chi connectivity index (χ1) is 13.1. The van der Waals surface area contributed by atoms with Crippen LogP contribution in [-0.2, 0) is 19.8 Å². The zero-order chi connectivity index (χ0) is 20.9. The number of halogens is 4. The van der Waals surface area contributed by atoms with E-state index in [0.717, 1.165) is 6.07 Å². The monoisotopic (exact) mass is 436 g/mol. The molecule has 0 heterocycles. The number of hydrogen-bond donors (Lipinski definition) is 2. The number of nitrogens with two attached hydrogens (primary N) is 1. The lowest BCUT2D eigenvalue weighted by Crippen LogP contribution is -2.14. The third-order valence-electron chi connectivity index (χ3n) is 3.77. The van der Waals surface area contributed by atoms with Crippen LogP contribution in [0.5, 0.6) is 0 Å². The van der Waals surface area contributed by atoms with Gasteiger partial charge < -0.3 is 20.1 Å². The standard InChI is InChI=1S/C18H21ClF3N2O3P/c1-3-26-28(25,27-4-2)11-24-17-9-13(12-7-5-6-8-15(12)19)16(23)10-14(17)18(20,21)22/h5-10,24H,3-4,11,23H2,1-2H3. The SMILES string of the molecule is CCOP(=O)(CNc1cc(-c2ccccc2Cl)c(N)cc1C(F)(F)F)OCC. The van der Waals surface area contributed by atoms with Crippen molar-refractivity contribution in [3.8, 4) is 11.1 Å². The van der Waals surface area contributed by atoms with Gasteiger partial charge in [0, 0.05) is 27.5 Å². The first-order valence-corrected chi connectivity index (χ1v) is 10.6. The van der Waals surface area contributed by atoms with E-state index in [0.29, 0.717) is 16.1 Å². The van der Waals surface area contributed by atoms with Gasteiger partial charge in [0.15, 0.2) is 0 Å². The average molecular weight is 437 g/mol. The maximum absolute atomic E-state index is 13.5. The molecule has 3 N–H and O–H groups in total. The second-order valence-corrected chi connectivity index (χ2v) is 8.21. The number of alkyl halides is 3. The fourth-order valence-electron chi connectivity index (χ4n) is 2.61. The van der Waals surface area contributed by atoms with Gasteiger partial charge in [0.25, 0.3) is 0 Å². The van der Waals surface area contributed by atoms with E-state index in [4.69, 9.17) is 26.4 Å². The molecule has 0 bridgehead atoms. The Morgan fingerprint density at radius 1 is 1.11 bits per heavy atom. The molecular weight excluding hydrogens is 416 g/mol. The van der Waals surface area contributed by atoms with Crippen molar-refractivity contribution in [2.75, 3.05) is 30.6 Å². The Morgan fingerprint density at radius 3 is 2.25 bits per heavy atom. The molecule has 0 spiro atoms. The molecule has 5 nitrogen and oxygen atoms in total. The van der Waals surface area contributed by atoms with E-state index >= 15 is 0 Å². The van der Waals surface area contributed by atoms with Gasteiger partial charge >= 0.3 is 13.8 Å². The lowest BCUT2D eigenvalue weighted by atomic mass is 9.99. The van der Waals surface area contributed by atoms with Gasteiger partial charge in [-0.2, -0.15) is 13.2 Å². The highest BCUT2D eigenvalue weighted by molar-refractivity contribution is 7.53. The van der Waals surface area contributed by atoms with E-state index in [-0.39, 0.29) is 24.6 Å². The molecule has 0 amide bonds. The van der Waals surface area contributed by atoms with E-state index in [9.17, 15) is 17.7 Å². The third-order valence-corrected chi connectivity index (χ3v) is 5.95. The largest absolute Gasteiger partial charge is 0.418 e. The predicted octanol–water partition coefficient (Wildman–Crippen LogP) is 6.24. The lowest BCUT2D eigenvalue weighted by molar-refractivity contribution is -0.136. The molecule has 0 unspecified atom stereocenters. The van der Waals surface area contributed by atoms with Crippen LogP contribution in [0.15, 0.2) is 36.4 Å². The van der Waals surface area contributed by atoms with Crippen molar-refractivity contribution >= 4 is 30.6 Å². The minimum absolute atomic E-state index is 0.0798. The molecule has 2 rings (SSSR count). The molecule has 0 aromatic heterocycles.